The van der Waals surface area contributed by atoms with E-state index in [2.05, 4.69) is 6.47 Å². The smallest absolute Gasteiger partial charge is 0 e. The third-order valence-corrected chi connectivity index (χ3v) is 0. The summed E-state index contributed by atoms with van der Waals surface area (Å²) in [5.74, 6) is 0. The molecule has 0 aliphatic rings. The fourth-order valence-electron chi connectivity index (χ4n) is 0. The Balaban J connectivity index is -0.00000000500. The van der Waals surface area contributed by atoms with Gasteiger partial charge in [-0.15, -0.1) is 0 Å². The fourth-order valence-corrected chi connectivity index (χ4v) is 0. The van der Waals surface area contributed by atoms with Crippen LogP contribution < -0.4 is 0 Å². The molecule has 0 unspecified atom stereocenters. The molecule has 0 N–H and O–H groups in total. The van der Waals surface area contributed by atoms with Gasteiger partial charge in [0.15, 0.2) is 0 Å². The molecule has 0 atom stereocenters. The van der Waals surface area contributed by atoms with Crippen molar-refractivity contribution >= 4 is 6.47 Å². The van der Waals surface area contributed by atoms with Crippen molar-refractivity contribution in [2.24, 2.45) is 0 Å². The molecule has 0 bridgehead atoms. The first-order chi connectivity index (χ1) is 1.00. The van der Waals surface area contributed by atoms with Gasteiger partial charge in [0.1, 0.15) is 0 Å². The molecule has 0 amide bonds. The predicted molar refractivity (Wildman–Crippen MR) is 5.85 cm³/mol. The van der Waals surface area contributed by atoms with Gasteiger partial charge < -0.3 is 0 Å². The van der Waals surface area contributed by atoms with Gasteiger partial charge in [0.25, 0.3) is 0 Å². The van der Waals surface area contributed by atoms with E-state index in [1.807, 2.05) is 33.9 Å². The molecule has 0 rings (SSSR count). The summed E-state index contributed by atoms with van der Waals surface area (Å²) in [7, 11) is 0. The number of hydrogen-bond acceptors (Lipinski definition) is 0. The third kappa shape index (κ3) is 9.31. The van der Waals surface area contributed by atoms with Gasteiger partial charge in [-0.05, 0) is 0 Å². The van der Waals surface area contributed by atoms with Crippen LogP contribution in [0.4, 0.5) is 0 Å². The average molecular weight is 457 g/mol. The Labute approximate surface area is 107 Å². The summed E-state index contributed by atoms with van der Waals surface area (Å²) in [4.78, 5) is 0. The molecule has 33 valence electrons. The first kappa shape index (κ1) is 15.7. The molecule has 0 spiro atoms. The van der Waals surface area contributed by atoms with Gasteiger partial charge in [0.05, 0.1) is 0 Å². The van der Waals surface area contributed by atoms with E-state index in [0.29, 0.717) is 0 Å². The van der Waals surface area contributed by atoms with Crippen molar-refractivity contribution in [2.45, 2.75) is 0 Å². The minimum Gasteiger partial charge on any atom is 0 e. The van der Waals surface area contributed by atoms with E-state index in [-0.39, 0.29) is 70.4 Å². The summed E-state index contributed by atoms with van der Waals surface area (Å²) in [5.41, 5.74) is 0. The third-order valence-electron chi connectivity index (χ3n) is 0. The zero-order chi connectivity index (χ0) is 2.00. The molecular formula is ClErHoY. The quantitative estimate of drug-likeness (QED) is 0.471. The second-order valence-electron chi connectivity index (χ2n) is 0. The van der Waals surface area contributed by atoms with Crippen LogP contribution in [0.1, 0.15) is 0 Å². The molecule has 4 heavy (non-hydrogen) atoms. The Kier molecular flexibility index (Phi) is 61.8. The van der Waals surface area contributed by atoms with Gasteiger partial charge >= 0.3 is 40.4 Å². The number of hydrogen-bond donors (Lipinski definition) is 0. The Hall–Kier alpha value is 3.90. The molecule has 0 aliphatic carbocycles. The zero-order valence-corrected chi connectivity index (χ0v) is 8.93. The van der Waals surface area contributed by atoms with Gasteiger partial charge in [0, 0.05) is 70.4 Å². The topological polar surface area (TPSA) is 0 Å². The summed E-state index contributed by atoms with van der Waals surface area (Å²) < 4.78 is 0. The summed E-state index contributed by atoms with van der Waals surface area (Å²) in [6.07, 6.45) is 0. The van der Waals surface area contributed by atoms with Crippen molar-refractivity contribution in [2.75, 3.05) is 0 Å². The van der Waals surface area contributed by atoms with Crippen LogP contribution in [0.25, 0.3) is 0 Å². The Morgan fingerprint density at radius 2 is 1.25 bits per heavy atom. The van der Waals surface area contributed by atoms with E-state index < -0.39 is 0 Å². The number of rotatable bonds is 0. The maximum absolute atomic E-state index is 4.56. The van der Waals surface area contributed by atoms with Crippen molar-refractivity contribution in [3.63, 3.8) is 0 Å². The zero-order valence-electron chi connectivity index (χ0n) is 1.55. The van der Waals surface area contributed by atoms with Gasteiger partial charge in [-0.3, -0.25) is 0 Å². The summed E-state index contributed by atoms with van der Waals surface area (Å²) in [5, 5.41) is 0. The standard InChI is InChI=1S/ClH.Er.Ho.Y/h1H;;;/q;+1;;/p-1. The van der Waals surface area contributed by atoms with E-state index in [0.717, 1.165) is 0 Å². The summed E-state index contributed by atoms with van der Waals surface area (Å²) in [6.45, 7) is 4.56. The molecule has 0 aromatic carbocycles. The largest absolute Gasteiger partial charge is 0 e. The maximum Gasteiger partial charge on any atom is 0 e. The van der Waals surface area contributed by atoms with Crippen LogP contribution in [-0.4, -0.2) is 0 Å². The van der Waals surface area contributed by atoms with Crippen LogP contribution in [0, 0.1) is 71.6 Å². The van der Waals surface area contributed by atoms with Crippen molar-refractivity contribution in [1.82, 2.24) is 0 Å². The fraction of sp³-hybridized carbons (Fsp3) is 0. The van der Waals surface area contributed by atoms with E-state index in [4.69, 9.17) is 0 Å². The van der Waals surface area contributed by atoms with Gasteiger partial charge in [-0.1, -0.05) is 0 Å². The van der Waals surface area contributed by atoms with Crippen LogP contribution in [-0.2, 0) is 32.7 Å². The first-order valence-corrected chi connectivity index (χ1v) is 2.43. The van der Waals surface area contributed by atoms with Gasteiger partial charge in [-0.25, -0.2) is 0 Å². The van der Waals surface area contributed by atoms with Crippen molar-refractivity contribution in [1.29, 1.82) is 0 Å². The monoisotopic (exact) mass is 455 g/mol. The maximum atomic E-state index is 4.56. The molecule has 4 heteroatoms. The average Bonchev–Trinajstić information content (AvgIpc) is 1.00. The molecule has 0 aliphatic heterocycles. The number of halogens is 1. The Morgan fingerprint density at radius 1 is 1.25 bits per heavy atom. The van der Waals surface area contributed by atoms with Crippen molar-refractivity contribution < 1.29 is 104 Å². The van der Waals surface area contributed by atoms with E-state index in [1.165, 1.54) is 0 Å². The Bertz CT molecular complexity index is 8.00. The molecule has 0 saturated carbocycles. The van der Waals surface area contributed by atoms with Crippen LogP contribution in [0.5, 0.6) is 0 Å². The van der Waals surface area contributed by atoms with E-state index >= 15 is 0 Å². The first-order valence-electron chi connectivity index (χ1n) is 0.109. The van der Waals surface area contributed by atoms with Crippen LogP contribution in [0.2, 0.25) is 0 Å². The molecule has 0 aromatic heterocycles. The molecule has 0 fully saturated rings. The molecule has 0 nitrogen and oxygen atoms in total. The predicted octanol–water partition coefficient (Wildman–Crippen LogP) is 0.687. The van der Waals surface area contributed by atoms with Crippen LogP contribution >= 0.6 is 6.47 Å². The summed E-state index contributed by atoms with van der Waals surface area (Å²) >= 11 is 1.89. The van der Waals surface area contributed by atoms with Gasteiger partial charge in [0.2, 0.25) is 0 Å². The van der Waals surface area contributed by atoms with Crippen LogP contribution in [0.3, 0.4) is 0 Å². The molecule has 2 radical (unpaired) electrons. The minimum absolute atomic E-state index is 0. The molecule has 0 saturated heterocycles. The molecule has 0 heterocycles. The van der Waals surface area contributed by atoms with Crippen molar-refractivity contribution in [3.8, 4) is 0 Å². The second-order valence-corrected chi connectivity index (χ2v) is 0. The second kappa shape index (κ2) is 15.8. The van der Waals surface area contributed by atoms with Crippen molar-refractivity contribution in [3.05, 3.63) is 0 Å². The SMILES string of the molecule is [Cl][Er].[Ho].[Y]. The molecule has 0 aromatic rings. The summed E-state index contributed by atoms with van der Waals surface area (Å²) in [6, 6.07) is 0. The van der Waals surface area contributed by atoms with Crippen LogP contribution in [0.15, 0.2) is 0 Å². The minimum atomic E-state index is 0. The molecular weight excluding hydrogens is 457 g/mol. The Morgan fingerprint density at radius 3 is 1.25 bits per heavy atom. The van der Waals surface area contributed by atoms with E-state index in [9.17, 15) is 0 Å². The normalized spacial score (nSPS) is 1.75. The van der Waals surface area contributed by atoms with Gasteiger partial charge in [-0.2, -0.15) is 0 Å². The van der Waals surface area contributed by atoms with E-state index in [1.54, 1.807) is 0 Å².